The number of hydrogen-bond donors (Lipinski definition) is 3. The zero-order chi connectivity index (χ0) is 19.8. The van der Waals surface area contributed by atoms with Crippen LogP contribution in [-0.4, -0.2) is 36.3 Å². The molecule has 28 heavy (non-hydrogen) atoms. The fourth-order valence-corrected chi connectivity index (χ4v) is 3.23. The van der Waals surface area contributed by atoms with E-state index in [4.69, 9.17) is 0 Å². The average molecular weight is 380 g/mol. The van der Waals surface area contributed by atoms with E-state index in [9.17, 15) is 9.59 Å². The largest absolute Gasteiger partial charge is 0.376 e. The lowest BCUT2D eigenvalue weighted by Gasteiger charge is -2.26. The highest BCUT2D eigenvalue weighted by Gasteiger charge is 2.11. The van der Waals surface area contributed by atoms with Crippen molar-refractivity contribution in [3.8, 4) is 0 Å². The lowest BCUT2D eigenvalue weighted by molar-refractivity contribution is -0.120. The average Bonchev–Trinajstić information content (AvgIpc) is 2.73. The molecule has 2 aromatic rings. The molecule has 2 aromatic carbocycles. The van der Waals surface area contributed by atoms with E-state index >= 15 is 0 Å². The summed E-state index contributed by atoms with van der Waals surface area (Å²) in [5.74, 6) is -0.635. The number of carbonyl (C=O) groups excluding carboxylic acids is 2. The summed E-state index contributed by atoms with van der Waals surface area (Å²) in [6.45, 7) is 5.30. The number of aryl methyl sites for hydroxylation is 1. The predicted molar refractivity (Wildman–Crippen MR) is 111 cm³/mol. The van der Waals surface area contributed by atoms with Gasteiger partial charge in [-0.05, 0) is 62.7 Å². The Morgan fingerprint density at radius 1 is 0.893 bits per heavy atom. The molecule has 148 valence electrons. The van der Waals surface area contributed by atoms with Crippen LogP contribution in [-0.2, 0) is 11.3 Å². The molecule has 1 heterocycles. The third-order valence-electron chi connectivity index (χ3n) is 4.89. The number of nitrogens with one attached hydrogen (secondary N) is 3. The third kappa shape index (κ3) is 6.09. The van der Waals surface area contributed by atoms with Gasteiger partial charge in [-0.3, -0.25) is 25.3 Å². The van der Waals surface area contributed by atoms with Crippen molar-refractivity contribution < 1.29 is 9.59 Å². The number of nitrogens with zero attached hydrogens (tertiary/aromatic N) is 1. The number of anilines is 1. The summed E-state index contributed by atoms with van der Waals surface area (Å²) in [6, 6.07) is 15.3. The highest BCUT2D eigenvalue weighted by atomic mass is 16.2. The summed E-state index contributed by atoms with van der Waals surface area (Å²) in [5, 5.41) is 3.01. The Labute approximate surface area is 166 Å². The molecule has 0 bridgehead atoms. The summed E-state index contributed by atoms with van der Waals surface area (Å²) in [6.07, 6.45) is 3.85. The van der Waals surface area contributed by atoms with Crippen LogP contribution < -0.4 is 16.2 Å². The summed E-state index contributed by atoms with van der Waals surface area (Å²) in [4.78, 5) is 26.6. The Hall–Kier alpha value is -2.86. The first-order valence-electron chi connectivity index (χ1n) is 9.81. The summed E-state index contributed by atoms with van der Waals surface area (Å²) in [7, 11) is 0. The Kier molecular flexibility index (Phi) is 7.03. The van der Waals surface area contributed by atoms with Crippen molar-refractivity contribution >= 4 is 17.5 Å². The summed E-state index contributed by atoms with van der Waals surface area (Å²) >= 11 is 0. The molecule has 1 aliphatic rings. The zero-order valence-electron chi connectivity index (χ0n) is 16.3. The van der Waals surface area contributed by atoms with Gasteiger partial charge < -0.3 is 5.32 Å². The molecule has 3 N–H and O–H groups in total. The normalized spacial score (nSPS) is 14.3. The van der Waals surface area contributed by atoms with Crippen molar-refractivity contribution in [2.45, 2.75) is 32.7 Å². The van der Waals surface area contributed by atoms with Crippen molar-refractivity contribution in [1.82, 2.24) is 15.8 Å². The molecule has 3 rings (SSSR count). The van der Waals surface area contributed by atoms with Crippen molar-refractivity contribution in [1.29, 1.82) is 0 Å². The van der Waals surface area contributed by atoms with Crippen molar-refractivity contribution in [2.75, 3.05) is 25.0 Å². The molecule has 0 atom stereocenters. The highest BCUT2D eigenvalue weighted by molar-refractivity contribution is 5.95. The van der Waals surface area contributed by atoms with Gasteiger partial charge in [0.2, 0.25) is 0 Å². The van der Waals surface area contributed by atoms with Crippen molar-refractivity contribution in [2.24, 2.45) is 0 Å². The van der Waals surface area contributed by atoms with Crippen LogP contribution in [0.2, 0.25) is 0 Å². The molecule has 6 nitrogen and oxygen atoms in total. The fourth-order valence-electron chi connectivity index (χ4n) is 3.23. The van der Waals surface area contributed by atoms with E-state index in [-0.39, 0.29) is 18.4 Å². The smallest absolute Gasteiger partial charge is 0.269 e. The molecule has 0 spiro atoms. The second-order valence-corrected chi connectivity index (χ2v) is 7.26. The number of hydrogen-bond acceptors (Lipinski definition) is 4. The number of carbonyl (C=O) groups is 2. The number of benzene rings is 2. The predicted octanol–water partition coefficient (Wildman–Crippen LogP) is 2.85. The minimum atomic E-state index is -0.326. The number of rotatable bonds is 6. The molecule has 0 aromatic heterocycles. The lowest BCUT2D eigenvalue weighted by atomic mass is 10.1. The minimum absolute atomic E-state index is 0.0815. The van der Waals surface area contributed by atoms with Crippen molar-refractivity contribution in [3.05, 3.63) is 65.2 Å². The van der Waals surface area contributed by atoms with E-state index in [0.717, 1.165) is 30.9 Å². The fraction of sp³-hybridized carbons (Fsp3) is 0.364. The van der Waals surface area contributed by atoms with Crippen LogP contribution >= 0.6 is 0 Å². The highest BCUT2D eigenvalue weighted by Crippen LogP contribution is 2.13. The molecule has 0 radical (unpaired) electrons. The molecular weight excluding hydrogens is 352 g/mol. The Balaban J connectivity index is 1.41. The Bertz CT molecular complexity index is 781. The first-order valence-corrected chi connectivity index (χ1v) is 9.81. The quantitative estimate of drug-likeness (QED) is 0.674. The maximum atomic E-state index is 12.2. The van der Waals surface area contributed by atoms with Gasteiger partial charge in [-0.15, -0.1) is 0 Å². The Morgan fingerprint density at radius 3 is 2.25 bits per heavy atom. The molecule has 0 saturated carbocycles. The number of piperidine rings is 1. The van der Waals surface area contributed by atoms with Crippen LogP contribution in [0.5, 0.6) is 0 Å². The number of hydrazine groups is 1. The van der Waals surface area contributed by atoms with Gasteiger partial charge in [0.25, 0.3) is 11.8 Å². The molecule has 1 aliphatic heterocycles. The monoisotopic (exact) mass is 380 g/mol. The van der Waals surface area contributed by atoms with Gasteiger partial charge in [-0.25, -0.2) is 0 Å². The molecule has 1 fully saturated rings. The number of amides is 2. The van der Waals surface area contributed by atoms with Gasteiger partial charge in [-0.1, -0.05) is 36.2 Å². The van der Waals surface area contributed by atoms with Crippen LogP contribution in [0.25, 0.3) is 0 Å². The van der Waals surface area contributed by atoms with Gasteiger partial charge in [0, 0.05) is 17.8 Å². The molecule has 6 heteroatoms. The van der Waals surface area contributed by atoms with Crippen LogP contribution in [0.1, 0.15) is 40.7 Å². The molecule has 0 aliphatic carbocycles. The minimum Gasteiger partial charge on any atom is -0.376 e. The lowest BCUT2D eigenvalue weighted by Crippen LogP contribution is -2.44. The SMILES string of the molecule is Cc1ccc(NCC(=O)NNC(=O)c2ccc(CN3CCCCC3)cc2)cc1. The van der Waals surface area contributed by atoms with Gasteiger partial charge in [0.05, 0.1) is 6.54 Å². The molecular formula is C22H28N4O2. The maximum absolute atomic E-state index is 12.2. The van der Waals surface area contributed by atoms with Crippen LogP contribution in [0.3, 0.4) is 0 Å². The van der Waals surface area contributed by atoms with Crippen LogP contribution in [0.4, 0.5) is 5.69 Å². The van der Waals surface area contributed by atoms with E-state index in [2.05, 4.69) is 21.1 Å². The van der Waals surface area contributed by atoms with Gasteiger partial charge >= 0.3 is 0 Å². The topological polar surface area (TPSA) is 73.5 Å². The van der Waals surface area contributed by atoms with Gasteiger partial charge in [0.15, 0.2) is 0 Å². The third-order valence-corrected chi connectivity index (χ3v) is 4.89. The van der Waals surface area contributed by atoms with Gasteiger partial charge in [0.1, 0.15) is 0 Å². The van der Waals surface area contributed by atoms with E-state index in [0.29, 0.717) is 5.56 Å². The molecule has 2 amide bonds. The molecule has 0 unspecified atom stereocenters. The summed E-state index contributed by atoms with van der Waals surface area (Å²) < 4.78 is 0. The van der Waals surface area contributed by atoms with Crippen LogP contribution in [0.15, 0.2) is 48.5 Å². The van der Waals surface area contributed by atoms with Crippen molar-refractivity contribution in [3.63, 3.8) is 0 Å². The molecule has 1 saturated heterocycles. The van der Waals surface area contributed by atoms with E-state index in [1.807, 2.05) is 43.3 Å². The van der Waals surface area contributed by atoms with E-state index < -0.39 is 0 Å². The Morgan fingerprint density at radius 2 is 1.57 bits per heavy atom. The maximum Gasteiger partial charge on any atom is 0.269 e. The zero-order valence-corrected chi connectivity index (χ0v) is 16.3. The number of likely N-dealkylation sites (tertiary alicyclic amines) is 1. The second-order valence-electron chi connectivity index (χ2n) is 7.26. The van der Waals surface area contributed by atoms with E-state index in [1.54, 1.807) is 12.1 Å². The van der Waals surface area contributed by atoms with Crippen LogP contribution in [0, 0.1) is 6.92 Å². The standard InChI is InChI=1S/C22H28N4O2/c1-17-5-11-20(12-6-17)23-15-21(27)24-25-22(28)19-9-7-18(8-10-19)16-26-13-3-2-4-14-26/h5-12,23H,2-4,13-16H2,1H3,(H,24,27)(H,25,28). The summed E-state index contributed by atoms with van der Waals surface area (Å²) in [5.41, 5.74) is 8.63. The van der Waals surface area contributed by atoms with E-state index in [1.165, 1.54) is 24.8 Å². The first kappa shape index (κ1) is 19.9. The van der Waals surface area contributed by atoms with Gasteiger partial charge in [-0.2, -0.15) is 0 Å². The second kappa shape index (κ2) is 9.90. The first-order chi connectivity index (χ1) is 13.6.